The lowest BCUT2D eigenvalue weighted by Gasteiger charge is -2.63. The molecule has 2 aliphatic heterocycles. The van der Waals surface area contributed by atoms with E-state index in [9.17, 15) is 19.8 Å². The molecule has 0 aromatic heterocycles. The van der Waals surface area contributed by atoms with Gasteiger partial charge in [-0.3, -0.25) is 4.79 Å². The number of aliphatic hydroxyl groups is 2. The first-order valence-electron chi connectivity index (χ1n) is 15.7. The zero-order valence-electron chi connectivity index (χ0n) is 25.2. The SMILES string of the molecule is CO[C@@H]1C[C@H](O[C@H]2CC[C@@]3(C)[C@H](CC[C@@H]4[C@@H]3CC[C@]3(C)[C@@H](C5=CC(=O)OC5)[C@@H](OC(C)=O)C[C@]43O)C2)O[C@H](C)[C@H]1O. The minimum Gasteiger partial charge on any atom is -0.462 e. The molecule has 4 saturated carbocycles. The lowest BCUT2D eigenvalue weighted by Crippen LogP contribution is -2.62. The summed E-state index contributed by atoms with van der Waals surface area (Å²) in [6, 6.07) is 0. The number of rotatable bonds is 5. The number of carbonyl (C=O) groups excluding carboxylic acids is 2. The van der Waals surface area contributed by atoms with Crippen LogP contribution in [-0.2, 0) is 33.3 Å². The number of carbonyl (C=O) groups is 2. The number of fused-ring (bicyclic) bond motifs is 5. The van der Waals surface area contributed by atoms with E-state index in [1.807, 2.05) is 6.92 Å². The van der Waals surface area contributed by atoms with E-state index in [0.29, 0.717) is 24.7 Å². The third kappa shape index (κ3) is 4.69. The number of esters is 2. The predicted octanol–water partition coefficient (Wildman–Crippen LogP) is 3.68. The maximum atomic E-state index is 12.7. The average Bonchev–Trinajstić information content (AvgIpc) is 3.42. The topological polar surface area (TPSA) is 121 Å². The summed E-state index contributed by atoms with van der Waals surface area (Å²) in [7, 11) is 1.62. The molecule has 41 heavy (non-hydrogen) atoms. The Labute approximate surface area is 243 Å². The highest BCUT2D eigenvalue weighted by atomic mass is 16.7. The van der Waals surface area contributed by atoms with E-state index < -0.39 is 23.2 Å². The number of cyclic esters (lactones) is 1. The summed E-state index contributed by atoms with van der Waals surface area (Å²) in [4.78, 5) is 24.2. The van der Waals surface area contributed by atoms with Gasteiger partial charge in [0.1, 0.15) is 18.8 Å². The van der Waals surface area contributed by atoms with E-state index in [-0.39, 0.29) is 60.4 Å². The van der Waals surface area contributed by atoms with E-state index in [2.05, 4.69) is 13.8 Å². The predicted molar refractivity (Wildman–Crippen MR) is 147 cm³/mol. The van der Waals surface area contributed by atoms with Crippen molar-refractivity contribution in [2.24, 2.45) is 34.5 Å². The molecule has 6 rings (SSSR count). The Morgan fingerprint density at radius 2 is 1.85 bits per heavy atom. The Bertz CT molecular complexity index is 1080. The van der Waals surface area contributed by atoms with E-state index in [0.717, 1.165) is 50.5 Å². The van der Waals surface area contributed by atoms with Gasteiger partial charge in [-0.05, 0) is 80.6 Å². The maximum Gasteiger partial charge on any atom is 0.331 e. The minimum atomic E-state index is -0.990. The van der Waals surface area contributed by atoms with Crippen LogP contribution >= 0.6 is 0 Å². The lowest BCUT2D eigenvalue weighted by atomic mass is 9.43. The standard InChI is InChI=1S/C32H48O9/c1-17-29(35)24(37-5)14-27(39-17)41-21-8-10-30(3)20(13-21)6-7-23-22(30)9-11-31(4)28(19-12-26(34)38-16-19)25(40-18(2)33)15-32(23,31)36/h12,17,20-25,27-29,35-36H,6-11,13-16H2,1-5H3/t17-,20-,21+,22+,23-,24-,25+,27+,28+,29-,30+,31-,32+/m1/s1. The van der Waals surface area contributed by atoms with Crippen molar-refractivity contribution in [2.45, 2.75) is 128 Å². The average molecular weight is 577 g/mol. The van der Waals surface area contributed by atoms with Crippen LogP contribution in [0.3, 0.4) is 0 Å². The van der Waals surface area contributed by atoms with Crippen molar-refractivity contribution in [1.82, 2.24) is 0 Å². The van der Waals surface area contributed by atoms with Gasteiger partial charge in [-0.1, -0.05) is 13.8 Å². The molecule has 6 aliphatic rings. The molecule has 1 saturated heterocycles. The van der Waals surface area contributed by atoms with Crippen molar-refractivity contribution in [1.29, 1.82) is 0 Å². The van der Waals surface area contributed by atoms with Gasteiger partial charge in [-0.2, -0.15) is 0 Å². The summed E-state index contributed by atoms with van der Waals surface area (Å²) in [5, 5.41) is 23.0. The normalized spacial score (nSPS) is 51.2. The van der Waals surface area contributed by atoms with Gasteiger partial charge < -0.3 is 33.9 Å². The van der Waals surface area contributed by atoms with Gasteiger partial charge in [-0.25, -0.2) is 4.79 Å². The third-order valence-electron chi connectivity index (χ3n) is 12.5. The van der Waals surface area contributed by atoms with E-state index >= 15 is 0 Å². The van der Waals surface area contributed by atoms with Gasteiger partial charge in [0.05, 0.1) is 23.9 Å². The van der Waals surface area contributed by atoms with Crippen LogP contribution in [0.1, 0.15) is 85.5 Å². The highest BCUT2D eigenvalue weighted by molar-refractivity contribution is 5.85. The Kier molecular flexibility index (Phi) is 7.62. The number of methoxy groups -OCH3 is 1. The van der Waals surface area contributed by atoms with Crippen LogP contribution in [0.2, 0.25) is 0 Å². The zero-order valence-corrected chi connectivity index (χ0v) is 25.2. The van der Waals surface area contributed by atoms with Crippen LogP contribution in [0.5, 0.6) is 0 Å². The van der Waals surface area contributed by atoms with Gasteiger partial charge in [0.25, 0.3) is 0 Å². The quantitative estimate of drug-likeness (QED) is 0.373. The molecular formula is C32H48O9. The summed E-state index contributed by atoms with van der Waals surface area (Å²) in [5.41, 5.74) is -0.559. The van der Waals surface area contributed by atoms with Gasteiger partial charge in [-0.15, -0.1) is 0 Å². The number of hydrogen-bond donors (Lipinski definition) is 2. The molecule has 0 amide bonds. The molecule has 230 valence electrons. The molecule has 9 nitrogen and oxygen atoms in total. The highest BCUT2D eigenvalue weighted by Gasteiger charge is 2.71. The van der Waals surface area contributed by atoms with Crippen molar-refractivity contribution >= 4 is 11.9 Å². The van der Waals surface area contributed by atoms with Crippen LogP contribution in [0.15, 0.2) is 11.6 Å². The summed E-state index contributed by atoms with van der Waals surface area (Å²) in [6.07, 6.45) is 7.14. The van der Waals surface area contributed by atoms with Crippen molar-refractivity contribution in [3.05, 3.63) is 11.6 Å². The van der Waals surface area contributed by atoms with Gasteiger partial charge in [0.15, 0.2) is 6.29 Å². The van der Waals surface area contributed by atoms with Gasteiger partial charge in [0.2, 0.25) is 0 Å². The van der Waals surface area contributed by atoms with Gasteiger partial charge in [0, 0.05) is 44.3 Å². The zero-order chi connectivity index (χ0) is 29.3. The molecule has 0 radical (unpaired) electrons. The van der Waals surface area contributed by atoms with E-state index in [1.165, 1.54) is 6.92 Å². The number of aliphatic hydroxyl groups excluding tert-OH is 1. The second-order valence-corrected chi connectivity index (χ2v) is 14.3. The second kappa shape index (κ2) is 10.6. The summed E-state index contributed by atoms with van der Waals surface area (Å²) < 4.78 is 29.1. The Morgan fingerprint density at radius 1 is 1.07 bits per heavy atom. The van der Waals surface area contributed by atoms with Crippen molar-refractivity contribution in [3.63, 3.8) is 0 Å². The first kappa shape index (κ1) is 29.5. The van der Waals surface area contributed by atoms with Crippen molar-refractivity contribution < 1.29 is 43.5 Å². The van der Waals surface area contributed by atoms with Crippen molar-refractivity contribution in [3.8, 4) is 0 Å². The molecule has 0 aromatic rings. The lowest BCUT2D eigenvalue weighted by molar-refractivity contribution is -0.273. The number of hydrogen-bond acceptors (Lipinski definition) is 9. The first-order chi connectivity index (χ1) is 19.4. The highest BCUT2D eigenvalue weighted by Crippen LogP contribution is 2.70. The Hall–Kier alpha value is -1.52. The summed E-state index contributed by atoms with van der Waals surface area (Å²) in [5.74, 6) is 0.0175. The van der Waals surface area contributed by atoms with E-state index in [4.69, 9.17) is 23.7 Å². The first-order valence-corrected chi connectivity index (χ1v) is 15.7. The number of ether oxygens (including phenoxy) is 5. The Morgan fingerprint density at radius 3 is 2.54 bits per heavy atom. The monoisotopic (exact) mass is 576 g/mol. The van der Waals surface area contributed by atoms with Crippen LogP contribution in [0, 0.1) is 34.5 Å². The third-order valence-corrected chi connectivity index (χ3v) is 12.5. The largest absolute Gasteiger partial charge is 0.462 e. The molecule has 0 bridgehead atoms. The molecule has 0 spiro atoms. The molecule has 4 aliphatic carbocycles. The molecule has 9 heteroatoms. The second-order valence-electron chi connectivity index (χ2n) is 14.3. The maximum absolute atomic E-state index is 12.7. The van der Waals surface area contributed by atoms with E-state index in [1.54, 1.807) is 13.2 Å². The Balaban J connectivity index is 1.19. The molecular weight excluding hydrogens is 528 g/mol. The summed E-state index contributed by atoms with van der Waals surface area (Å²) in [6.45, 7) is 8.06. The fraction of sp³-hybridized carbons (Fsp3) is 0.875. The van der Waals surface area contributed by atoms with Crippen LogP contribution in [0.25, 0.3) is 0 Å². The van der Waals surface area contributed by atoms with Crippen LogP contribution in [-0.4, -0.2) is 78.3 Å². The fourth-order valence-corrected chi connectivity index (χ4v) is 10.4. The molecule has 13 atom stereocenters. The summed E-state index contributed by atoms with van der Waals surface area (Å²) >= 11 is 0. The molecule has 5 fully saturated rings. The molecule has 0 aromatic carbocycles. The molecule has 0 unspecified atom stereocenters. The molecule has 2 N–H and O–H groups in total. The molecule has 2 heterocycles. The smallest absolute Gasteiger partial charge is 0.331 e. The van der Waals surface area contributed by atoms with Crippen LogP contribution < -0.4 is 0 Å². The van der Waals surface area contributed by atoms with Crippen molar-refractivity contribution in [2.75, 3.05) is 13.7 Å². The van der Waals surface area contributed by atoms with Gasteiger partial charge >= 0.3 is 11.9 Å². The van der Waals surface area contributed by atoms with Crippen LogP contribution in [0.4, 0.5) is 0 Å². The fourth-order valence-electron chi connectivity index (χ4n) is 10.4. The minimum absolute atomic E-state index is 0.0898.